The molecule has 1 aromatic carbocycles. The summed E-state index contributed by atoms with van der Waals surface area (Å²) >= 11 is 5.95. The molecule has 0 radical (unpaired) electrons. The molecule has 2 aromatic rings. The Kier molecular flexibility index (Phi) is 8.27. The van der Waals surface area contributed by atoms with Crippen molar-refractivity contribution in [3.8, 4) is 0 Å². The van der Waals surface area contributed by atoms with Crippen LogP contribution >= 0.6 is 11.6 Å². The van der Waals surface area contributed by atoms with Gasteiger partial charge in [0.25, 0.3) is 0 Å². The Morgan fingerprint density at radius 3 is 2.21 bits per heavy atom. The summed E-state index contributed by atoms with van der Waals surface area (Å²) in [4.78, 5) is 29.0. The monoisotopic (exact) mass is 510 g/mol. The fourth-order valence-electron chi connectivity index (χ4n) is 4.31. The van der Waals surface area contributed by atoms with Gasteiger partial charge in [-0.1, -0.05) is 11.6 Å². The number of sulfonamides is 1. The Bertz CT molecular complexity index is 1150. The number of carbonyl (C=O) groups excluding carboxylic acids is 2. The maximum absolute atomic E-state index is 13.2. The number of anilines is 1. The van der Waals surface area contributed by atoms with Crippen molar-refractivity contribution in [2.45, 2.75) is 39.1 Å². The summed E-state index contributed by atoms with van der Waals surface area (Å²) < 4.78 is 35.6. The molecule has 186 valence electrons. The highest BCUT2D eigenvalue weighted by atomic mass is 35.5. The Morgan fingerprint density at radius 1 is 1.03 bits per heavy atom. The van der Waals surface area contributed by atoms with Crippen LogP contribution in [-0.2, 0) is 26.1 Å². The standard InChI is InChI=1S/C23H31ClN4O5S/c1-5-28-16(3)21(23(30)33-6-2)22(17(28)4)34(31,32)25-15-20(29)27-13-11-26(12-14-27)19-9-7-18(24)8-10-19/h7-10,25H,5-6,11-15H2,1-4H3. The van der Waals surface area contributed by atoms with Crippen LogP contribution in [0.5, 0.6) is 0 Å². The number of nitrogens with one attached hydrogen (secondary N) is 1. The molecular weight excluding hydrogens is 480 g/mol. The maximum Gasteiger partial charge on any atom is 0.341 e. The molecule has 0 aliphatic carbocycles. The second kappa shape index (κ2) is 10.8. The van der Waals surface area contributed by atoms with E-state index in [0.717, 1.165) is 5.69 Å². The van der Waals surface area contributed by atoms with Gasteiger partial charge < -0.3 is 19.1 Å². The molecule has 2 heterocycles. The van der Waals surface area contributed by atoms with Crippen LogP contribution in [0.25, 0.3) is 0 Å². The van der Waals surface area contributed by atoms with Crippen LogP contribution in [0.2, 0.25) is 5.02 Å². The van der Waals surface area contributed by atoms with Gasteiger partial charge in [-0.2, -0.15) is 0 Å². The molecule has 0 spiro atoms. The lowest BCUT2D eigenvalue weighted by Gasteiger charge is -2.36. The van der Waals surface area contributed by atoms with Crippen molar-refractivity contribution in [1.82, 2.24) is 14.2 Å². The molecule has 1 aliphatic rings. The summed E-state index contributed by atoms with van der Waals surface area (Å²) in [5.74, 6) is -1.01. The molecule has 9 nitrogen and oxygen atoms in total. The first-order valence-electron chi connectivity index (χ1n) is 11.2. The third-order valence-electron chi connectivity index (χ3n) is 6.03. The number of nitrogens with zero attached hydrogens (tertiary/aromatic N) is 3. The van der Waals surface area contributed by atoms with Crippen molar-refractivity contribution in [1.29, 1.82) is 0 Å². The summed E-state index contributed by atoms with van der Waals surface area (Å²) in [6.45, 7) is 9.30. The van der Waals surface area contributed by atoms with Crippen molar-refractivity contribution in [2.24, 2.45) is 0 Å². The molecule has 1 aromatic heterocycles. The van der Waals surface area contributed by atoms with E-state index in [1.54, 1.807) is 30.2 Å². The van der Waals surface area contributed by atoms with Crippen LogP contribution in [0.1, 0.15) is 35.6 Å². The normalized spacial score (nSPS) is 14.4. The molecule has 3 rings (SSSR count). The fourth-order valence-corrected chi connectivity index (χ4v) is 5.89. The second-order valence-corrected chi connectivity index (χ2v) is 10.1. The molecule has 0 saturated carbocycles. The van der Waals surface area contributed by atoms with E-state index in [0.29, 0.717) is 49.1 Å². The van der Waals surface area contributed by atoms with Gasteiger partial charge in [0, 0.05) is 54.8 Å². The first-order valence-corrected chi connectivity index (χ1v) is 13.1. The van der Waals surface area contributed by atoms with Crippen LogP contribution in [0, 0.1) is 13.8 Å². The minimum absolute atomic E-state index is 0.0118. The van der Waals surface area contributed by atoms with Crippen molar-refractivity contribution in [3.05, 3.63) is 46.2 Å². The van der Waals surface area contributed by atoms with Crippen LogP contribution in [0.3, 0.4) is 0 Å². The molecule has 0 bridgehead atoms. The number of amides is 1. The van der Waals surface area contributed by atoms with Gasteiger partial charge in [0.05, 0.1) is 13.2 Å². The second-order valence-electron chi connectivity index (χ2n) is 8.01. The zero-order chi connectivity index (χ0) is 25.0. The van der Waals surface area contributed by atoms with E-state index in [-0.39, 0.29) is 29.5 Å². The van der Waals surface area contributed by atoms with E-state index in [9.17, 15) is 18.0 Å². The number of rotatable bonds is 8. The highest BCUT2D eigenvalue weighted by molar-refractivity contribution is 7.89. The predicted molar refractivity (Wildman–Crippen MR) is 131 cm³/mol. The fraction of sp³-hybridized carbons (Fsp3) is 0.478. The average Bonchev–Trinajstić information content (AvgIpc) is 3.08. The molecule has 11 heteroatoms. The summed E-state index contributed by atoms with van der Waals surface area (Å²) in [5, 5.41) is 0.663. The van der Waals surface area contributed by atoms with Crippen LogP contribution in [0.4, 0.5) is 5.69 Å². The molecule has 0 atom stereocenters. The third-order valence-corrected chi connectivity index (χ3v) is 7.84. The quantitative estimate of drug-likeness (QED) is 0.548. The van der Waals surface area contributed by atoms with E-state index in [2.05, 4.69) is 9.62 Å². The van der Waals surface area contributed by atoms with E-state index in [4.69, 9.17) is 16.3 Å². The SMILES string of the molecule is CCOC(=O)c1c(S(=O)(=O)NCC(=O)N2CCN(c3ccc(Cl)cc3)CC2)c(C)n(CC)c1C. The topological polar surface area (TPSA) is 101 Å². The molecule has 1 saturated heterocycles. The van der Waals surface area contributed by atoms with Gasteiger partial charge in [0.2, 0.25) is 15.9 Å². The van der Waals surface area contributed by atoms with E-state index in [1.165, 1.54) is 0 Å². The summed E-state index contributed by atoms with van der Waals surface area (Å²) in [7, 11) is -4.13. The first kappa shape index (κ1) is 26.1. The van der Waals surface area contributed by atoms with Crippen molar-refractivity contribution >= 4 is 39.2 Å². The number of benzene rings is 1. The molecule has 1 fully saturated rings. The number of ether oxygens (including phenoxy) is 1. The van der Waals surface area contributed by atoms with Crippen molar-refractivity contribution < 1.29 is 22.7 Å². The van der Waals surface area contributed by atoms with Crippen LogP contribution in [0.15, 0.2) is 29.2 Å². The number of esters is 1. The average molecular weight is 511 g/mol. The van der Waals surface area contributed by atoms with Crippen molar-refractivity contribution in [2.75, 3.05) is 44.2 Å². The van der Waals surface area contributed by atoms with Crippen LogP contribution in [-0.4, -0.2) is 69.1 Å². The molecule has 34 heavy (non-hydrogen) atoms. The number of carbonyl (C=O) groups is 2. The van der Waals surface area contributed by atoms with Gasteiger partial charge in [-0.05, 0) is 52.0 Å². The largest absolute Gasteiger partial charge is 0.462 e. The highest BCUT2D eigenvalue weighted by Gasteiger charge is 2.33. The molecule has 0 unspecified atom stereocenters. The molecular formula is C23H31ClN4O5S. The van der Waals surface area contributed by atoms with Gasteiger partial charge >= 0.3 is 5.97 Å². The smallest absolute Gasteiger partial charge is 0.341 e. The molecule has 1 aliphatic heterocycles. The lowest BCUT2D eigenvalue weighted by molar-refractivity contribution is -0.130. The minimum Gasteiger partial charge on any atom is -0.462 e. The Hall–Kier alpha value is -2.56. The summed E-state index contributed by atoms with van der Waals surface area (Å²) in [5.41, 5.74) is 1.98. The Balaban J connectivity index is 1.69. The number of halogens is 1. The zero-order valence-electron chi connectivity index (χ0n) is 19.9. The summed E-state index contributed by atoms with van der Waals surface area (Å²) in [6.07, 6.45) is 0. The molecule has 1 N–H and O–H groups in total. The third kappa shape index (κ3) is 5.39. The van der Waals surface area contributed by atoms with Gasteiger partial charge in [0.15, 0.2) is 0 Å². The lowest BCUT2D eigenvalue weighted by Crippen LogP contribution is -2.51. The summed E-state index contributed by atoms with van der Waals surface area (Å²) in [6, 6.07) is 7.51. The van der Waals surface area contributed by atoms with Crippen molar-refractivity contribution in [3.63, 3.8) is 0 Å². The van der Waals surface area contributed by atoms with Gasteiger partial charge in [-0.15, -0.1) is 0 Å². The maximum atomic E-state index is 13.2. The number of aromatic nitrogens is 1. The van der Waals surface area contributed by atoms with Crippen LogP contribution < -0.4 is 9.62 Å². The number of hydrogen-bond acceptors (Lipinski definition) is 6. The van der Waals surface area contributed by atoms with Gasteiger partial charge in [-0.25, -0.2) is 17.9 Å². The number of piperazine rings is 1. The van der Waals surface area contributed by atoms with E-state index < -0.39 is 16.0 Å². The lowest BCUT2D eigenvalue weighted by atomic mass is 10.2. The Labute approximate surface area is 205 Å². The van der Waals surface area contributed by atoms with E-state index in [1.807, 2.05) is 31.2 Å². The van der Waals surface area contributed by atoms with Gasteiger partial charge in [-0.3, -0.25) is 4.79 Å². The zero-order valence-corrected chi connectivity index (χ0v) is 21.5. The number of hydrogen-bond donors (Lipinski definition) is 1. The molecule has 1 amide bonds. The highest BCUT2D eigenvalue weighted by Crippen LogP contribution is 2.28. The van der Waals surface area contributed by atoms with Gasteiger partial charge in [0.1, 0.15) is 10.5 Å². The Morgan fingerprint density at radius 2 is 1.65 bits per heavy atom. The predicted octanol–water partition coefficient (Wildman–Crippen LogP) is 2.58. The van der Waals surface area contributed by atoms with E-state index >= 15 is 0 Å². The minimum atomic E-state index is -4.13. The first-order chi connectivity index (χ1) is 16.1.